The van der Waals surface area contributed by atoms with Gasteiger partial charge in [-0.2, -0.15) is 0 Å². The molecule has 3 heterocycles. The number of ketones is 1. The fourth-order valence-electron chi connectivity index (χ4n) is 4.07. The number of rotatable bonds is 4. The SMILES string of the molecule is COc1ccnc2c1c(C(=O)C(=O)N1CCN(C(=O)c3ccccc3)C[C@H]1C)cn2C. The monoisotopic (exact) mass is 420 g/mol. The summed E-state index contributed by atoms with van der Waals surface area (Å²) < 4.78 is 7.09. The number of carbonyl (C=O) groups is 3. The predicted molar refractivity (Wildman–Crippen MR) is 115 cm³/mol. The summed E-state index contributed by atoms with van der Waals surface area (Å²) in [4.78, 5) is 46.6. The molecule has 1 aliphatic heterocycles. The van der Waals surface area contributed by atoms with Crippen LogP contribution in [-0.2, 0) is 11.8 Å². The van der Waals surface area contributed by atoms with Gasteiger partial charge in [0.15, 0.2) is 0 Å². The highest BCUT2D eigenvalue weighted by atomic mass is 16.5. The van der Waals surface area contributed by atoms with E-state index in [-0.39, 0.29) is 17.5 Å². The number of piperazine rings is 1. The Morgan fingerprint density at radius 1 is 1.10 bits per heavy atom. The van der Waals surface area contributed by atoms with Gasteiger partial charge in [-0.05, 0) is 25.1 Å². The van der Waals surface area contributed by atoms with E-state index in [2.05, 4.69) is 4.98 Å². The summed E-state index contributed by atoms with van der Waals surface area (Å²) in [5.41, 5.74) is 1.45. The van der Waals surface area contributed by atoms with Crippen LogP contribution in [0.25, 0.3) is 11.0 Å². The molecule has 8 heteroatoms. The standard InChI is InChI=1S/C23H24N4O4/c1-15-13-26(22(29)16-7-5-4-6-8-16)11-12-27(15)23(30)20(28)17-14-25(2)21-19(17)18(31-3)9-10-24-21/h4-10,14-15H,11-13H2,1-3H3/t15-/m1/s1. The smallest absolute Gasteiger partial charge is 0.295 e. The summed E-state index contributed by atoms with van der Waals surface area (Å²) in [6.07, 6.45) is 3.21. The van der Waals surface area contributed by atoms with Crippen molar-refractivity contribution >= 4 is 28.6 Å². The maximum atomic E-state index is 13.2. The molecule has 1 fully saturated rings. The number of carbonyl (C=O) groups excluding carboxylic acids is 3. The van der Waals surface area contributed by atoms with Crippen LogP contribution in [0.5, 0.6) is 5.75 Å². The molecule has 2 amide bonds. The molecule has 4 rings (SSSR count). The molecule has 3 aromatic rings. The average molecular weight is 420 g/mol. The molecular weight excluding hydrogens is 396 g/mol. The van der Waals surface area contributed by atoms with Crippen molar-refractivity contribution in [3.63, 3.8) is 0 Å². The lowest BCUT2D eigenvalue weighted by Gasteiger charge is -2.39. The Kier molecular flexibility index (Phi) is 5.46. The molecule has 160 valence electrons. The van der Waals surface area contributed by atoms with E-state index >= 15 is 0 Å². The number of hydrogen-bond acceptors (Lipinski definition) is 5. The summed E-state index contributed by atoms with van der Waals surface area (Å²) in [6, 6.07) is 10.4. The van der Waals surface area contributed by atoms with Crippen molar-refractivity contribution in [3.05, 3.63) is 59.9 Å². The van der Waals surface area contributed by atoms with Gasteiger partial charge >= 0.3 is 0 Å². The molecule has 2 aromatic heterocycles. The van der Waals surface area contributed by atoms with Crippen LogP contribution in [0.15, 0.2) is 48.8 Å². The maximum Gasteiger partial charge on any atom is 0.295 e. The minimum absolute atomic E-state index is 0.0734. The van der Waals surface area contributed by atoms with Crippen LogP contribution in [0.3, 0.4) is 0 Å². The second kappa shape index (κ2) is 8.22. The summed E-state index contributed by atoms with van der Waals surface area (Å²) >= 11 is 0. The molecule has 0 radical (unpaired) electrons. The first-order valence-corrected chi connectivity index (χ1v) is 10.1. The lowest BCUT2D eigenvalue weighted by Crippen LogP contribution is -2.56. The van der Waals surface area contributed by atoms with Crippen molar-refractivity contribution in [1.29, 1.82) is 0 Å². The van der Waals surface area contributed by atoms with Crippen molar-refractivity contribution in [2.24, 2.45) is 7.05 Å². The van der Waals surface area contributed by atoms with E-state index < -0.39 is 11.7 Å². The van der Waals surface area contributed by atoms with Gasteiger partial charge in [0.05, 0.1) is 18.1 Å². The van der Waals surface area contributed by atoms with Gasteiger partial charge in [0, 0.05) is 50.7 Å². The molecule has 1 aliphatic rings. The second-order valence-corrected chi connectivity index (χ2v) is 7.66. The Labute approximate surface area is 180 Å². The number of pyridine rings is 1. The first-order chi connectivity index (χ1) is 14.9. The predicted octanol–water partition coefficient (Wildman–Crippen LogP) is 2.14. The van der Waals surface area contributed by atoms with Crippen LogP contribution >= 0.6 is 0 Å². The number of Topliss-reactive ketones (excluding diaryl/α,β-unsaturated/α-hetero) is 1. The fraction of sp³-hybridized carbons (Fsp3) is 0.304. The number of fused-ring (bicyclic) bond motifs is 1. The quantitative estimate of drug-likeness (QED) is 0.477. The number of hydrogen-bond donors (Lipinski definition) is 0. The molecule has 0 aliphatic carbocycles. The third kappa shape index (κ3) is 3.65. The van der Waals surface area contributed by atoms with Gasteiger partial charge in [0.1, 0.15) is 11.4 Å². The van der Waals surface area contributed by atoms with Gasteiger partial charge in [-0.25, -0.2) is 4.98 Å². The van der Waals surface area contributed by atoms with Crippen LogP contribution in [0.1, 0.15) is 27.6 Å². The topological polar surface area (TPSA) is 84.7 Å². The van der Waals surface area contributed by atoms with Gasteiger partial charge in [-0.1, -0.05) is 18.2 Å². The molecule has 1 aromatic carbocycles. The van der Waals surface area contributed by atoms with Crippen molar-refractivity contribution < 1.29 is 19.1 Å². The number of aromatic nitrogens is 2. The van der Waals surface area contributed by atoms with Crippen molar-refractivity contribution in [3.8, 4) is 5.75 Å². The largest absolute Gasteiger partial charge is 0.496 e. The Hall–Kier alpha value is -3.68. The Balaban J connectivity index is 1.54. The van der Waals surface area contributed by atoms with Gasteiger partial charge in [0.25, 0.3) is 17.6 Å². The highest BCUT2D eigenvalue weighted by Gasteiger charge is 2.35. The number of aryl methyl sites for hydroxylation is 1. The summed E-state index contributed by atoms with van der Waals surface area (Å²) in [5, 5.41) is 0.524. The van der Waals surface area contributed by atoms with E-state index in [1.807, 2.05) is 25.1 Å². The number of methoxy groups -OCH3 is 1. The molecular formula is C23H24N4O4. The fourth-order valence-corrected chi connectivity index (χ4v) is 4.07. The first-order valence-electron chi connectivity index (χ1n) is 10.1. The first kappa shape index (κ1) is 20.6. The lowest BCUT2D eigenvalue weighted by molar-refractivity contribution is -0.130. The zero-order valence-corrected chi connectivity index (χ0v) is 17.7. The molecule has 0 N–H and O–H groups in total. The molecule has 0 spiro atoms. The van der Waals surface area contributed by atoms with Crippen molar-refractivity contribution in [2.75, 3.05) is 26.7 Å². The maximum absolute atomic E-state index is 13.2. The van der Waals surface area contributed by atoms with Crippen molar-refractivity contribution in [1.82, 2.24) is 19.4 Å². The Morgan fingerprint density at radius 2 is 1.84 bits per heavy atom. The zero-order valence-electron chi connectivity index (χ0n) is 17.7. The van der Waals surface area contributed by atoms with E-state index in [0.29, 0.717) is 42.0 Å². The molecule has 31 heavy (non-hydrogen) atoms. The summed E-state index contributed by atoms with van der Waals surface area (Å²) in [5.74, 6) is -0.770. The van der Waals surface area contributed by atoms with Gasteiger partial charge < -0.3 is 19.1 Å². The minimum Gasteiger partial charge on any atom is -0.496 e. The van der Waals surface area contributed by atoms with E-state index in [9.17, 15) is 14.4 Å². The highest BCUT2D eigenvalue weighted by Crippen LogP contribution is 2.29. The normalized spacial score (nSPS) is 16.4. The van der Waals surface area contributed by atoms with Crippen molar-refractivity contribution in [2.45, 2.75) is 13.0 Å². The third-order valence-corrected chi connectivity index (χ3v) is 5.67. The van der Waals surface area contributed by atoms with Gasteiger partial charge in [-0.15, -0.1) is 0 Å². The van der Waals surface area contributed by atoms with E-state index in [1.165, 1.54) is 7.11 Å². The minimum atomic E-state index is -0.605. The summed E-state index contributed by atoms with van der Waals surface area (Å²) in [7, 11) is 3.29. The van der Waals surface area contributed by atoms with E-state index in [0.717, 1.165) is 0 Å². The third-order valence-electron chi connectivity index (χ3n) is 5.67. The van der Waals surface area contributed by atoms with Crippen LogP contribution in [-0.4, -0.2) is 69.7 Å². The van der Waals surface area contributed by atoms with E-state index in [4.69, 9.17) is 4.74 Å². The molecule has 0 unspecified atom stereocenters. The molecule has 1 atom stereocenters. The second-order valence-electron chi connectivity index (χ2n) is 7.66. The highest BCUT2D eigenvalue weighted by molar-refractivity contribution is 6.45. The summed E-state index contributed by atoms with van der Waals surface area (Å²) in [6.45, 7) is 2.88. The van der Waals surface area contributed by atoms with Gasteiger partial charge in [0.2, 0.25) is 0 Å². The molecule has 8 nitrogen and oxygen atoms in total. The average Bonchev–Trinajstić information content (AvgIpc) is 3.15. The van der Waals surface area contributed by atoms with Crippen LogP contribution in [0.4, 0.5) is 0 Å². The molecule has 0 bridgehead atoms. The van der Waals surface area contributed by atoms with Crippen LogP contribution in [0, 0.1) is 0 Å². The zero-order chi connectivity index (χ0) is 22.1. The van der Waals surface area contributed by atoms with Gasteiger partial charge in [-0.3, -0.25) is 14.4 Å². The molecule has 0 saturated carbocycles. The number of nitrogens with zero attached hydrogens (tertiary/aromatic N) is 4. The lowest BCUT2D eigenvalue weighted by atomic mass is 10.1. The number of ether oxygens (including phenoxy) is 1. The Morgan fingerprint density at radius 3 is 2.52 bits per heavy atom. The number of benzene rings is 1. The molecule has 1 saturated heterocycles. The van der Waals surface area contributed by atoms with Crippen LogP contribution in [0.2, 0.25) is 0 Å². The number of amides is 2. The van der Waals surface area contributed by atoms with E-state index in [1.54, 1.807) is 52.0 Å². The Bertz CT molecular complexity index is 1160. The van der Waals surface area contributed by atoms with Crippen LogP contribution < -0.4 is 4.74 Å².